The molecule has 0 unspecified atom stereocenters. The largest absolute Gasteiger partial charge is 0.373 e. The van der Waals surface area contributed by atoms with E-state index in [0.717, 1.165) is 29.3 Å². The number of nitrogens with two attached hydrogens (primary N) is 1. The van der Waals surface area contributed by atoms with Crippen LogP contribution >= 0.6 is 0 Å². The van der Waals surface area contributed by atoms with Gasteiger partial charge in [-0.05, 0) is 36.6 Å². The highest BCUT2D eigenvalue weighted by molar-refractivity contribution is 6.06. The Morgan fingerprint density at radius 1 is 1.17 bits per heavy atom. The Kier molecular flexibility index (Phi) is 5.55. The quantitative estimate of drug-likeness (QED) is 0.703. The number of aromatic nitrogens is 1. The van der Waals surface area contributed by atoms with Crippen molar-refractivity contribution in [1.82, 2.24) is 4.57 Å². The second-order valence-corrected chi connectivity index (χ2v) is 7.60. The Morgan fingerprint density at radius 2 is 1.90 bits per heavy atom. The number of para-hydroxylation sites is 1. The predicted octanol–water partition coefficient (Wildman–Crippen LogP) is 2.96. The number of piperidine rings is 1. The molecule has 7 heteroatoms. The van der Waals surface area contributed by atoms with E-state index >= 15 is 0 Å². The van der Waals surface area contributed by atoms with Crippen molar-refractivity contribution in [2.45, 2.75) is 25.6 Å². The van der Waals surface area contributed by atoms with E-state index in [1.54, 1.807) is 13.1 Å². The molecule has 0 aliphatic carbocycles. The van der Waals surface area contributed by atoms with Gasteiger partial charge >= 0.3 is 0 Å². The van der Waals surface area contributed by atoms with Gasteiger partial charge in [-0.1, -0.05) is 30.3 Å². The molecule has 156 valence electrons. The molecule has 4 rings (SSSR count). The molecule has 1 saturated heterocycles. The lowest BCUT2D eigenvalue weighted by molar-refractivity contribution is 0.0250. The number of amides is 1. The fourth-order valence-corrected chi connectivity index (χ4v) is 4.12. The number of halogens is 1. The maximum atomic E-state index is 13.3. The molecule has 2 heterocycles. The maximum absolute atomic E-state index is 13.3. The van der Waals surface area contributed by atoms with E-state index in [1.165, 1.54) is 16.7 Å². The highest BCUT2D eigenvalue weighted by Gasteiger charge is 2.27. The molecule has 2 aromatic carbocycles. The predicted molar refractivity (Wildman–Crippen MR) is 114 cm³/mol. The van der Waals surface area contributed by atoms with Crippen molar-refractivity contribution in [2.75, 3.05) is 18.0 Å². The van der Waals surface area contributed by atoms with Gasteiger partial charge in [-0.25, -0.2) is 4.39 Å². The summed E-state index contributed by atoms with van der Waals surface area (Å²) in [6, 6.07) is 13.9. The standard InChI is InChI=1S/C23H24FN3O3/c1-26-19-8-3-2-7-18(19)21(20(22(25)28)23(26)29)27-11-9-17(10-12-27)30-14-15-5-4-6-16(24)13-15/h2-8,13,17H,9-12,14H2,1H3,(H2,25,28). The minimum atomic E-state index is -0.721. The Labute approximate surface area is 173 Å². The van der Waals surface area contributed by atoms with Gasteiger partial charge in [0.05, 0.1) is 23.9 Å². The number of carbonyl (C=O) groups is 1. The summed E-state index contributed by atoms with van der Waals surface area (Å²) in [4.78, 5) is 27.0. The zero-order valence-corrected chi connectivity index (χ0v) is 16.8. The summed E-state index contributed by atoms with van der Waals surface area (Å²) in [7, 11) is 1.65. The Bertz CT molecular complexity index is 1150. The molecular formula is C23H24FN3O3. The number of fused-ring (bicyclic) bond motifs is 1. The maximum Gasteiger partial charge on any atom is 0.265 e. The molecular weight excluding hydrogens is 385 g/mol. The molecule has 1 fully saturated rings. The van der Waals surface area contributed by atoms with Crippen molar-refractivity contribution < 1.29 is 13.9 Å². The number of pyridine rings is 1. The monoisotopic (exact) mass is 409 g/mol. The topological polar surface area (TPSA) is 77.6 Å². The minimum Gasteiger partial charge on any atom is -0.373 e. The molecule has 0 spiro atoms. The van der Waals surface area contributed by atoms with E-state index in [-0.39, 0.29) is 23.0 Å². The van der Waals surface area contributed by atoms with Crippen molar-refractivity contribution in [3.63, 3.8) is 0 Å². The number of aryl methyl sites for hydroxylation is 1. The molecule has 1 aliphatic rings. The first kappa shape index (κ1) is 20.1. The molecule has 2 N–H and O–H groups in total. The Hall–Kier alpha value is -3.19. The van der Waals surface area contributed by atoms with E-state index in [1.807, 2.05) is 35.2 Å². The SMILES string of the molecule is Cn1c(=O)c(C(N)=O)c(N2CCC(OCc3cccc(F)c3)CC2)c2ccccc21. The van der Waals surface area contributed by atoms with Gasteiger partial charge < -0.3 is 19.9 Å². The third kappa shape index (κ3) is 3.80. The van der Waals surface area contributed by atoms with Crippen molar-refractivity contribution in [3.8, 4) is 0 Å². The number of rotatable bonds is 5. The summed E-state index contributed by atoms with van der Waals surface area (Å²) in [5.41, 5.74) is 7.39. The molecule has 1 amide bonds. The van der Waals surface area contributed by atoms with E-state index in [9.17, 15) is 14.0 Å². The van der Waals surface area contributed by atoms with Crippen LogP contribution in [0.5, 0.6) is 0 Å². The van der Waals surface area contributed by atoms with E-state index < -0.39 is 5.91 Å². The normalized spacial score (nSPS) is 14.9. The highest BCUT2D eigenvalue weighted by Crippen LogP contribution is 2.31. The lowest BCUT2D eigenvalue weighted by Crippen LogP contribution is -2.40. The van der Waals surface area contributed by atoms with E-state index in [0.29, 0.717) is 25.4 Å². The zero-order chi connectivity index (χ0) is 21.3. The van der Waals surface area contributed by atoms with Crippen LogP contribution in [0.4, 0.5) is 10.1 Å². The van der Waals surface area contributed by atoms with Gasteiger partial charge in [-0.3, -0.25) is 9.59 Å². The number of hydrogen-bond acceptors (Lipinski definition) is 4. The number of ether oxygens (including phenoxy) is 1. The van der Waals surface area contributed by atoms with Crippen LogP contribution in [0.25, 0.3) is 10.9 Å². The second kappa shape index (κ2) is 8.28. The average Bonchev–Trinajstić information content (AvgIpc) is 2.75. The smallest absolute Gasteiger partial charge is 0.265 e. The Morgan fingerprint density at radius 3 is 2.60 bits per heavy atom. The first-order valence-electron chi connectivity index (χ1n) is 9.98. The van der Waals surface area contributed by atoms with Crippen molar-refractivity contribution >= 4 is 22.5 Å². The third-order valence-corrected chi connectivity index (χ3v) is 5.66. The average molecular weight is 409 g/mol. The first-order chi connectivity index (χ1) is 14.5. The van der Waals surface area contributed by atoms with Crippen LogP contribution in [0.2, 0.25) is 0 Å². The number of carbonyl (C=O) groups excluding carboxylic acids is 1. The van der Waals surface area contributed by atoms with Crippen LogP contribution < -0.4 is 16.2 Å². The van der Waals surface area contributed by atoms with Crippen LogP contribution in [-0.4, -0.2) is 29.7 Å². The van der Waals surface area contributed by atoms with Gasteiger partial charge in [-0.15, -0.1) is 0 Å². The summed E-state index contributed by atoms with van der Waals surface area (Å²) < 4.78 is 20.8. The highest BCUT2D eigenvalue weighted by atomic mass is 19.1. The molecule has 1 aliphatic heterocycles. The van der Waals surface area contributed by atoms with Crippen LogP contribution in [0, 0.1) is 5.82 Å². The van der Waals surface area contributed by atoms with E-state index in [2.05, 4.69) is 0 Å². The summed E-state index contributed by atoms with van der Waals surface area (Å²) in [6.07, 6.45) is 1.49. The number of benzene rings is 2. The fraction of sp³-hybridized carbons (Fsp3) is 0.304. The number of nitrogens with zero attached hydrogens (tertiary/aromatic N) is 2. The van der Waals surface area contributed by atoms with Crippen LogP contribution in [-0.2, 0) is 18.4 Å². The Balaban J connectivity index is 1.56. The first-order valence-corrected chi connectivity index (χ1v) is 9.98. The van der Waals surface area contributed by atoms with Crippen LogP contribution in [0.15, 0.2) is 53.3 Å². The lowest BCUT2D eigenvalue weighted by Gasteiger charge is -2.35. The van der Waals surface area contributed by atoms with E-state index in [4.69, 9.17) is 10.5 Å². The van der Waals surface area contributed by atoms with Gasteiger partial charge in [-0.2, -0.15) is 0 Å². The molecule has 0 bridgehead atoms. The molecule has 0 saturated carbocycles. The van der Waals surface area contributed by atoms with Gasteiger partial charge in [0.1, 0.15) is 11.4 Å². The van der Waals surface area contributed by atoms with Crippen LogP contribution in [0.1, 0.15) is 28.8 Å². The summed E-state index contributed by atoms with van der Waals surface area (Å²) in [5, 5.41) is 0.826. The van der Waals surface area contributed by atoms with Crippen molar-refractivity contribution in [1.29, 1.82) is 0 Å². The molecule has 0 radical (unpaired) electrons. The molecule has 6 nitrogen and oxygen atoms in total. The number of hydrogen-bond donors (Lipinski definition) is 1. The molecule has 0 atom stereocenters. The van der Waals surface area contributed by atoms with Crippen molar-refractivity contribution in [3.05, 3.63) is 75.8 Å². The molecule has 30 heavy (non-hydrogen) atoms. The van der Waals surface area contributed by atoms with Crippen LogP contribution in [0.3, 0.4) is 0 Å². The number of anilines is 1. The molecule has 3 aromatic rings. The lowest BCUT2D eigenvalue weighted by atomic mass is 10.0. The second-order valence-electron chi connectivity index (χ2n) is 7.60. The zero-order valence-electron chi connectivity index (χ0n) is 16.8. The molecule has 1 aromatic heterocycles. The third-order valence-electron chi connectivity index (χ3n) is 5.66. The summed E-state index contributed by atoms with van der Waals surface area (Å²) in [5.74, 6) is -0.997. The van der Waals surface area contributed by atoms with Crippen molar-refractivity contribution in [2.24, 2.45) is 12.8 Å². The van der Waals surface area contributed by atoms with Gasteiger partial charge in [0.25, 0.3) is 11.5 Å². The number of primary amides is 1. The summed E-state index contributed by atoms with van der Waals surface area (Å²) in [6.45, 7) is 1.61. The summed E-state index contributed by atoms with van der Waals surface area (Å²) >= 11 is 0. The van der Waals surface area contributed by atoms with Gasteiger partial charge in [0, 0.05) is 25.5 Å². The van der Waals surface area contributed by atoms with Gasteiger partial charge in [0.15, 0.2) is 0 Å². The van der Waals surface area contributed by atoms with Gasteiger partial charge in [0.2, 0.25) is 0 Å². The minimum absolute atomic E-state index is 0.0235. The fourth-order valence-electron chi connectivity index (χ4n) is 4.12.